The first-order chi connectivity index (χ1) is 19.7. The molecule has 1 amide bonds. The van der Waals surface area contributed by atoms with Gasteiger partial charge in [-0.25, -0.2) is 9.18 Å². The van der Waals surface area contributed by atoms with Crippen molar-refractivity contribution in [2.24, 2.45) is 0 Å². The van der Waals surface area contributed by atoms with E-state index >= 15 is 0 Å². The number of benzene rings is 2. The first kappa shape index (κ1) is 37.0. The second kappa shape index (κ2) is 17.2. The molecule has 14 nitrogen and oxygen atoms in total. The Morgan fingerprint density at radius 3 is 2.28 bits per heavy atom. The molecule has 1 aliphatic heterocycles. The summed E-state index contributed by atoms with van der Waals surface area (Å²) in [5.41, 5.74) is 4.80. The molecule has 238 valence electrons. The number of amides is 1. The monoisotopic (exact) mass is 631 g/mol. The summed E-state index contributed by atoms with van der Waals surface area (Å²) in [6.45, 7) is 5.31. The maximum absolute atomic E-state index is 13.1. The predicted octanol–water partition coefficient (Wildman–Crippen LogP) is 1.02. The fourth-order valence-electron chi connectivity index (χ4n) is 3.93. The number of ether oxygens (including phenoxy) is 2. The van der Waals surface area contributed by atoms with E-state index in [9.17, 15) is 23.6 Å². The lowest BCUT2D eigenvalue weighted by molar-refractivity contribution is -0.170. The van der Waals surface area contributed by atoms with Gasteiger partial charge in [-0.3, -0.25) is 19.3 Å². The van der Waals surface area contributed by atoms with Crippen LogP contribution >= 0.6 is 11.6 Å². The number of hydrogen-bond acceptors (Lipinski definition) is 9. The summed E-state index contributed by atoms with van der Waals surface area (Å²) in [6, 6.07) is 9.55. The molecule has 1 atom stereocenters. The number of carboxylic acid groups (broad SMARTS) is 3. The average molecular weight is 632 g/mol. The molecule has 1 unspecified atom stereocenters. The van der Waals surface area contributed by atoms with Crippen molar-refractivity contribution in [3.63, 3.8) is 0 Å². The largest absolute Gasteiger partial charge is 0.493 e. The third-order valence-corrected chi connectivity index (χ3v) is 6.29. The summed E-state index contributed by atoms with van der Waals surface area (Å²) in [5.74, 6) is -5.16. The number of hydrogen-bond donors (Lipinski definition) is 6. The maximum Gasteiger partial charge on any atom is 0.336 e. The van der Waals surface area contributed by atoms with Gasteiger partial charge in [0.15, 0.2) is 5.60 Å². The Balaban J connectivity index is 0.000000562. The van der Waals surface area contributed by atoms with Crippen LogP contribution in [0.15, 0.2) is 36.4 Å². The van der Waals surface area contributed by atoms with Crippen LogP contribution in [0.1, 0.15) is 35.7 Å². The Hall–Kier alpha value is -4.02. The van der Waals surface area contributed by atoms with Gasteiger partial charge in [0.05, 0.1) is 48.4 Å². The number of carbonyl (C=O) groups excluding carboxylic acids is 1. The van der Waals surface area contributed by atoms with Gasteiger partial charge in [0, 0.05) is 32.2 Å². The van der Waals surface area contributed by atoms with Gasteiger partial charge < -0.3 is 46.4 Å². The van der Waals surface area contributed by atoms with Crippen LogP contribution in [-0.4, -0.2) is 99.2 Å². The first-order valence-electron chi connectivity index (χ1n) is 12.7. The molecule has 2 aromatic carbocycles. The Morgan fingerprint density at radius 2 is 1.74 bits per heavy atom. The topological polar surface area (TPSA) is 240 Å². The lowest BCUT2D eigenvalue weighted by Crippen LogP contribution is -2.47. The smallest absolute Gasteiger partial charge is 0.336 e. The minimum atomic E-state index is -2.74. The van der Waals surface area contributed by atoms with Crippen LogP contribution in [0.2, 0.25) is 5.02 Å². The highest BCUT2D eigenvalue weighted by molar-refractivity contribution is 6.33. The van der Waals surface area contributed by atoms with Crippen molar-refractivity contribution in [1.29, 1.82) is 0 Å². The molecule has 0 saturated carbocycles. The van der Waals surface area contributed by atoms with Crippen LogP contribution in [0.4, 0.5) is 10.1 Å². The average Bonchev–Trinajstić information content (AvgIpc) is 2.90. The number of rotatable bonds is 12. The molecule has 0 aromatic heterocycles. The number of morpholine rings is 1. The zero-order chi connectivity index (χ0) is 31.4. The second-order valence-corrected chi connectivity index (χ2v) is 9.75. The van der Waals surface area contributed by atoms with Crippen molar-refractivity contribution in [1.82, 2.24) is 10.2 Å². The number of aliphatic carboxylic acids is 3. The normalized spacial score (nSPS) is 14.8. The van der Waals surface area contributed by atoms with Crippen molar-refractivity contribution in [2.45, 2.75) is 38.0 Å². The Bertz CT molecular complexity index is 1250. The maximum atomic E-state index is 13.1. The van der Waals surface area contributed by atoms with E-state index in [4.69, 9.17) is 47.2 Å². The Kier molecular flexibility index (Phi) is 14.8. The molecule has 2 aromatic rings. The molecule has 43 heavy (non-hydrogen) atoms. The van der Waals surface area contributed by atoms with Crippen LogP contribution in [0, 0.1) is 5.82 Å². The molecular formula is C27H35ClFN3O11. The van der Waals surface area contributed by atoms with E-state index in [1.165, 1.54) is 18.2 Å². The third-order valence-electron chi connectivity index (χ3n) is 5.96. The Labute approximate surface area is 251 Å². The van der Waals surface area contributed by atoms with Gasteiger partial charge in [-0.15, -0.1) is 0 Å². The van der Waals surface area contributed by atoms with Crippen molar-refractivity contribution < 1.29 is 58.9 Å². The third kappa shape index (κ3) is 12.0. The van der Waals surface area contributed by atoms with Gasteiger partial charge in [0.2, 0.25) is 0 Å². The zero-order valence-electron chi connectivity index (χ0n) is 23.2. The summed E-state index contributed by atoms with van der Waals surface area (Å²) in [6.07, 6.45) is -2.43. The van der Waals surface area contributed by atoms with E-state index in [1.54, 1.807) is 18.2 Å². The summed E-state index contributed by atoms with van der Waals surface area (Å²) in [7, 11) is 0. The van der Waals surface area contributed by atoms with Gasteiger partial charge in [-0.1, -0.05) is 23.7 Å². The number of carbonyl (C=O) groups is 4. The molecule has 1 saturated heterocycles. The SMILES string of the molecule is CCOc1cc(N)c(Cl)cc1C(=O)NCC1CN(Cc2ccc(F)cc2)CCO1.O.O=C(O)CC(O)(CC(=O)O)C(=O)O. The number of anilines is 1. The van der Waals surface area contributed by atoms with Crippen molar-refractivity contribution >= 4 is 41.1 Å². The quantitative estimate of drug-likeness (QED) is 0.180. The van der Waals surface area contributed by atoms with Crippen LogP contribution in [0.5, 0.6) is 5.75 Å². The standard InChI is InChI=1S/C21H25ClFN3O3.C6H8O7.H2O/c1-2-28-20-10-19(24)18(22)9-17(20)21(27)25-11-16-13-26(7-8-29-16)12-14-3-5-15(23)6-4-14;7-3(8)1-6(13,5(11)12)2-4(9)10;/h3-6,9-10,16H,2,7-8,11-13,24H2,1H3,(H,25,27);13H,1-2H2,(H,7,8)(H,9,10)(H,11,12);1H2. The van der Waals surface area contributed by atoms with Gasteiger partial charge in [0.25, 0.3) is 5.91 Å². The molecule has 1 heterocycles. The lowest BCUT2D eigenvalue weighted by atomic mass is 9.96. The molecule has 1 fully saturated rings. The van der Waals surface area contributed by atoms with Crippen molar-refractivity contribution in [3.05, 3.63) is 58.4 Å². The summed E-state index contributed by atoms with van der Waals surface area (Å²) in [4.78, 5) is 45.4. The van der Waals surface area contributed by atoms with Crippen LogP contribution in [-0.2, 0) is 25.7 Å². The molecule has 0 aliphatic carbocycles. The highest BCUT2D eigenvalue weighted by atomic mass is 35.5. The molecule has 1 aliphatic rings. The molecule has 9 N–H and O–H groups in total. The molecule has 16 heteroatoms. The van der Waals surface area contributed by atoms with Crippen molar-refractivity contribution in [3.8, 4) is 5.75 Å². The minimum Gasteiger partial charge on any atom is -0.493 e. The number of nitrogens with two attached hydrogens (primary N) is 1. The van der Waals surface area contributed by atoms with Crippen LogP contribution in [0.3, 0.4) is 0 Å². The lowest BCUT2D eigenvalue weighted by Gasteiger charge is -2.33. The van der Waals surface area contributed by atoms with E-state index in [-0.39, 0.29) is 23.3 Å². The number of nitrogens with zero attached hydrogens (tertiary/aromatic N) is 1. The molecule has 0 radical (unpaired) electrons. The second-order valence-electron chi connectivity index (χ2n) is 9.35. The minimum absolute atomic E-state index is 0. The van der Waals surface area contributed by atoms with E-state index < -0.39 is 36.4 Å². The highest BCUT2D eigenvalue weighted by Crippen LogP contribution is 2.29. The summed E-state index contributed by atoms with van der Waals surface area (Å²) in [5, 5.41) is 37.0. The number of nitrogens with one attached hydrogen (secondary N) is 1. The van der Waals surface area contributed by atoms with Crippen LogP contribution < -0.4 is 15.8 Å². The fraction of sp³-hybridized carbons (Fsp3) is 0.407. The number of nitrogen functional groups attached to an aromatic ring is 1. The molecule has 0 bridgehead atoms. The van der Waals surface area contributed by atoms with E-state index in [1.807, 2.05) is 6.92 Å². The van der Waals surface area contributed by atoms with E-state index in [2.05, 4.69) is 10.2 Å². The summed E-state index contributed by atoms with van der Waals surface area (Å²) < 4.78 is 24.4. The molecular weight excluding hydrogens is 597 g/mol. The van der Waals surface area contributed by atoms with E-state index in [0.29, 0.717) is 54.9 Å². The van der Waals surface area contributed by atoms with E-state index in [0.717, 1.165) is 12.1 Å². The van der Waals surface area contributed by atoms with Gasteiger partial charge >= 0.3 is 17.9 Å². The first-order valence-corrected chi connectivity index (χ1v) is 13.1. The molecule has 3 rings (SSSR count). The number of aliphatic hydroxyl groups is 1. The van der Waals surface area contributed by atoms with Crippen LogP contribution in [0.25, 0.3) is 0 Å². The number of carboxylic acids is 3. The number of halogens is 2. The predicted molar refractivity (Wildman–Crippen MR) is 151 cm³/mol. The summed E-state index contributed by atoms with van der Waals surface area (Å²) >= 11 is 6.07. The van der Waals surface area contributed by atoms with Gasteiger partial charge in [-0.2, -0.15) is 0 Å². The van der Waals surface area contributed by atoms with Gasteiger partial charge in [0.1, 0.15) is 11.6 Å². The zero-order valence-corrected chi connectivity index (χ0v) is 24.0. The highest BCUT2D eigenvalue weighted by Gasteiger charge is 2.40. The van der Waals surface area contributed by atoms with Crippen molar-refractivity contribution in [2.75, 3.05) is 38.6 Å². The fourth-order valence-corrected chi connectivity index (χ4v) is 4.10. The van der Waals surface area contributed by atoms with Gasteiger partial charge in [-0.05, 0) is 30.7 Å². The Morgan fingerprint density at radius 1 is 1.14 bits per heavy atom. The molecule has 0 spiro atoms.